The molecular weight excluding hydrogens is 388 g/mol. The molecule has 0 spiro atoms. The second-order valence-electron chi connectivity index (χ2n) is 7.31. The molecule has 5 aromatic rings. The van der Waals surface area contributed by atoms with Gasteiger partial charge >= 0.3 is 0 Å². The van der Waals surface area contributed by atoms with Crippen molar-refractivity contribution in [1.29, 1.82) is 0 Å². The van der Waals surface area contributed by atoms with Crippen molar-refractivity contribution >= 4 is 11.0 Å². The van der Waals surface area contributed by atoms with E-state index < -0.39 is 0 Å². The summed E-state index contributed by atoms with van der Waals surface area (Å²) < 4.78 is 11.8. The van der Waals surface area contributed by atoms with Gasteiger partial charge in [0.1, 0.15) is 23.3 Å². The molecule has 0 saturated heterocycles. The van der Waals surface area contributed by atoms with E-state index in [1.165, 1.54) is 0 Å². The molecule has 0 aliphatic rings. The van der Waals surface area contributed by atoms with Gasteiger partial charge in [-0.2, -0.15) is 0 Å². The quantitative estimate of drug-likeness (QED) is 0.398. The second-order valence-corrected chi connectivity index (χ2v) is 7.31. The van der Waals surface area contributed by atoms with Gasteiger partial charge in [0.15, 0.2) is 0 Å². The predicted molar refractivity (Wildman–Crippen MR) is 121 cm³/mol. The van der Waals surface area contributed by atoms with Crippen LogP contribution in [0.4, 0.5) is 0 Å². The minimum Gasteiger partial charge on any atom is -0.483 e. The van der Waals surface area contributed by atoms with Gasteiger partial charge in [-0.25, -0.2) is 4.98 Å². The van der Waals surface area contributed by atoms with Gasteiger partial charge in [0.25, 0.3) is 0 Å². The smallest absolute Gasteiger partial charge is 0.139 e. The van der Waals surface area contributed by atoms with Gasteiger partial charge in [-0.15, -0.1) is 0 Å². The summed E-state index contributed by atoms with van der Waals surface area (Å²) in [6.07, 6.45) is 6.88. The highest BCUT2D eigenvalue weighted by atomic mass is 16.5. The summed E-state index contributed by atoms with van der Waals surface area (Å²) >= 11 is 0. The van der Waals surface area contributed by atoms with E-state index >= 15 is 0 Å². The Kier molecular flexibility index (Phi) is 4.98. The molecule has 1 aromatic carbocycles. The van der Waals surface area contributed by atoms with Crippen molar-refractivity contribution in [2.45, 2.75) is 13.0 Å². The van der Waals surface area contributed by atoms with Crippen LogP contribution in [0.2, 0.25) is 0 Å². The number of hydrogen-bond acceptors (Lipinski definition) is 5. The van der Waals surface area contributed by atoms with Crippen LogP contribution in [0.15, 0.2) is 83.9 Å². The van der Waals surface area contributed by atoms with Crippen LogP contribution in [0.1, 0.15) is 17.4 Å². The molecule has 0 fully saturated rings. The summed E-state index contributed by atoms with van der Waals surface area (Å²) in [5.74, 6) is 1.46. The summed E-state index contributed by atoms with van der Waals surface area (Å²) in [6, 6.07) is 17.9. The monoisotopic (exact) mass is 410 g/mol. The molecule has 5 rings (SSSR count). The molecule has 154 valence electrons. The Hall–Kier alpha value is -3.90. The van der Waals surface area contributed by atoms with Crippen molar-refractivity contribution in [3.63, 3.8) is 0 Å². The number of hydrogen-bond donors (Lipinski definition) is 2. The van der Waals surface area contributed by atoms with Crippen molar-refractivity contribution in [2.75, 3.05) is 6.54 Å². The van der Waals surface area contributed by atoms with Crippen molar-refractivity contribution in [3.05, 3.63) is 90.8 Å². The first kappa shape index (κ1) is 19.1. The summed E-state index contributed by atoms with van der Waals surface area (Å²) in [5.41, 5.74) is 11.6. The van der Waals surface area contributed by atoms with Crippen LogP contribution in [-0.4, -0.2) is 21.5 Å². The molecule has 4 heterocycles. The molecule has 3 N–H and O–H groups in total. The molecule has 0 bridgehead atoms. The first-order chi connectivity index (χ1) is 15.2. The molecule has 0 saturated carbocycles. The van der Waals surface area contributed by atoms with Gasteiger partial charge in [-0.05, 0) is 36.8 Å². The third-order valence-electron chi connectivity index (χ3n) is 5.38. The van der Waals surface area contributed by atoms with Crippen molar-refractivity contribution < 1.29 is 9.15 Å². The van der Waals surface area contributed by atoms with Crippen molar-refractivity contribution in [1.82, 2.24) is 15.0 Å². The van der Waals surface area contributed by atoms with E-state index in [1.54, 1.807) is 18.7 Å². The molecule has 0 unspecified atom stereocenters. The maximum absolute atomic E-state index is 6.27. The van der Waals surface area contributed by atoms with E-state index in [4.69, 9.17) is 19.9 Å². The maximum atomic E-state index is 6.27. The fraction of sp³-hybridized carbons (Fsp3) is 0.120. The average molecular weight is 410 g/mol. The minimum atomic E-state index is -0.262. The zero-order valence-electron chi connectivity index (χ0n) is 17.1. The summed E-state index contributed by atoms with van der Waals surface area (Å²) in [7, 11) is 0. The number of fused-ring (bicyclic) bond motifs is 1. The van der Waals surface area contributed by atoms with E-state index in [9.17, 15) is 0 Å². The Balaban J connectivity index is 1.63. The standard InChI is InChI=1S/C25H22N4O2/c1-16-19(9-11-30-16)24-21(22-15-29-25-20(22)8-5-10-27-25)12-18(14-28-24)31-23(13-26)17-6-3-2-4-7-17/h2-12,14-15,23H,13,26H2,1H3,(H,27,29)/t23-/m1/s1. The molecule has 4 aromatic heterocycles. The summed E-state index contributed by atoms with van der Waals surface area (Å²) in [5, 5.41) is 1.02. The van der Waals surface area contributed by atoms with Crippen LogP contribution in [-0.2, 0) is 0 Å². The van der Waals surface area contributed by atoms with Crippen LogP contribution in [0.3, 0.4) is 0 Å². The molecule has 0 aliphatic carbocycles. The Labute approximate surface area is 179 Å². The first-order valence-corrected chi connectivity index (χ1v) is 10.1. The molecule has 6 heteroatoms. The van der Waals surface area contributed by atoms with Crippen LogP contribution in [0.25, 0.3) is 33.4 Å². The normalized spacial score (nSPS) is 12.2. The lowest BCUT2D eigenvalue weighted by Crippen LogP contribution is -2.18. The van der Waals surface area contributed by atoms with E-state index in [0.29, 0.717) is 12.3 Å². The molecule has 0 aliphatic heterocycles. The van der Waals surface area contributed by atoms with Crippen LogP contribution in [0.5, 0.6) is 5.75 Å². The Morgan fingerprint density at radius 3 is 2.68 bits per heavy atom. The fourth-order valence-corrected chi connectivity index (χ4v) is 3.82. The lowest BCUT2D eigenvalue weighted by Gasteiger charge is -2.19. The van der Waals surface area contributed by atoms with Crippen LogP contribution < -0.4 is 10.5 Å². The van der Waals surface area contributed by atoms with Gasteiger partial charge in [0.2, 0.25) is 0 Å². The number of aromatic amines is 1. The number of H-pyrrole nitrogens is 1. The van der Waals surface area contributed by atoms with E-state index in [2.05, 4.69) is 9.97 Å². The number of aromatic nitrogens is 3. The Bertz CT molecular complexity index is 1320. The number of rotatable bonds is 6. The highest BCUT2D eigenvalue weighted by Crippen LogP contribution is 2.38. The maximum Gasteiger partial charge on any atom is 0.139 e. The van der Waals surface area contributed by atoms with E-state index in [-0.39, 0.29) is 6.10 Å². The van der Waals surface area contributed by atoms with Crippen LogP contribution >= 0.6 is 0 Å². The SMILES string of the molecule is Cc1occc1-c1ncc(O[C@H](CN)c2ccccc2)cc1-c1c[nH]c2ncccc12. The number of aryl methyl sites for hydroxylation is 1. The molecule has 1 atom stereocenters. The van der Waals surface area contributed by atoms with Gasteiger partial charge in [0.05, 0.1) is 18.2 Å². The number of benzene rings is 1. The lowest BCUT2D eigenvalue weighted by molar-refractivity contribution is 0.213. The fourth-order valence-electron chi connectivity index (χ4n) is 3.82. The zero-order chi connectivity index (χ0) is 21.2. The highest BCUT2D eigenvalue weighted by molar-refractivity contribution is 5.97. The highest BCUT2D eigenvalue weighted by Gasteiger charge is 2.19. The average Bonchev–Trinajstić information content (AvgIpc) is 3.44. The molecule has 0 radical (unpaired) electrons. The van der Waals surface area contributed by atoms with Crippen molar-refractivity contribution in [3.8, 4) is 28.1 Å². The number of ether oxygens (including phenoxy) is 1. The van der Waals surface area contributed by atoms with E-state index in [1.807, 2.05) is 67.7 Å². The van der Waals surface area contributed by atoms with Crippen LogP contribution in [0, 0.1) is 6.92 Å². The number of pyridine rings is 2. The number of furan rings is 1. The molecule has 31 heavy (non-hydrogen) atoms. The molecule has 6 nitrogen and oxygen atoms in total. The van der Waals surface area contributed by atoms with E-state index in [0.717, 1.165) is 44.7 Å². The minimum absolute atomic E-state index is 0.262. The third-order valence-corrected chi connectivity index (χ3v) is 5.38. The molecular formula is C25H22N4O2. The number of nitrogens with zero attached hydrogens (tertiary/aromatic N) is 2. The van der Waals surface area contributed by atoms with Gasteiger partial charge in [-0.1, -0.05) is 30.3 Å². The summed E-state index contributed by atoms with van der Waals surface area (Å²) in [6.45, 7) is 2.29. The van der Waals surface area contributed by atoms with Gasteiger partial charge < -0.3 is 19.9 Å². The Morgan fingerprint density at radius 1 is 1.03 bits per heavy atom. The molecule has 0 amide bonds. The lowest BCUT2D eigenvalue weighted by atomic mass is 9.99. The Morgan fingerprint density at radius 2 is 1.90 bits per heavy atom. The van der Waals surface area contributed by atoms with Crippen molar-refractivity contribution in [2.24, 2.45) is 5.73 Å². The number of nitrogens with two attached hydrogens (primary N) is 1. The second kappa shape index (κ2) is 8.08. The largest absolute Gasteiger partial charge is 0.483 e. The topological polar surface area (TPSA) is 90.0 Å². The number of nitrogens with one attached hydrogen (secondary N) is 1. The first-order valence-electron chi connectivity index (χ1n) is 10.1. The van der Waals surface area contributed by atoms with Gasteiger partial charge in [-0.3, -0.25) is 4.98 Å². The zero-order valence-corrected chi connectivity index (χ0v) is 17.1. The third kappa shape index (κ3) is 3.58. The predicted octanol–water partition coefficient (Wildman–Crippen LogP) is 5.27. The van der Waals surface area contributed by atoms with Gasteiger partial charge in [0, 0.05) is 41.0 Å². The summed E-state index contributed by atoms with van der Waals surface area (Å²) in [4.78, 5) is 12.4.